The Labute approximate surface area is 112 Å². The van der Waals surface area contributed by atoms with E-state index in [0.717, 1.165) is 29.3 Å². The lowest BCUT2D eigenvalue weighted by Gasteiger charge is -2.13. The number of benzene rings is 2. The number of halogens is 2. The zero-order chi connectivity index (χ0) is 14.0. The molecule has 0 heterocycles. The maximum atomic E-state index is 13.8. The number of hydrogen-bond donors (Lipinski definition) is 1. The molecular weight excluding hydrogens is 244 g/mol. The predicted molar refractivity (Wildman–Crippen MR) is 74.0 cm³/mol. The first-order valence-electron chi connectivity index (χ1n) is 6.23. The van der Waals surface area contributed by atoms with E-state index in [9.17, 15) is 8.78 Å². The van der Waals surface area contributed by atoms with E-state index in [2.05, 4.69) is 5.32 Å². The Hall–Kier alpha value is -1.74. The summed E-state index contributed by atoms with van der Waals surface area (Å²) < 4.78 is 26.7. The van der Waals surface area contributed by atoms with Crippen molar-refractivity contribution in [1.29, 1.82) is 0 Å². The lowest BCUT2D eigenvalue weighted by Crippen LogP contribution is -2.08. The molecule has 2 aromatic carbocycles. The fourth-order valence-electron chi connectivity index (χ4n) is 2.33. The van der Waals surface area contributed by atoms with Gasteiger partial charge in [-0.2, -0.15) is 0 Å². The summed E-state index contributed by atoms with van der Waals surface area (Å²) in [6.07, 6.45) is 0. The molecule has 0 aliphatic rings. The molecule has 1 N–H and O–H groups in total. The second-order valence-corrected chi connectivity index (χ2v) is 4.74. The van der Waals surface area contributed by atoms with Crippen molar-refractivity contribution >= 4 is 0 Å². The highest BCUT2D eigenvalue weighted by atomic mass is 19.1. The quantitative estimate of drug-likeness (QED) is 0.881. The molecule has 0 aliphatic carbocycles. The van der Waals surface area contributed by atoms with Crippen LogP contribution in [0.25, 0.3) is 11.1 Å². The summed E-state index contributed by atoms with van der Waals surface area (Å²) in [5.74, 6) is -1.08. The van der Waals surface area contributed by atoms with Crippen LogP contribution in [-0.2, 0) is 6.54 Å². The predicted octanol–water partition coefficient (Wildman–Crippen LogP) is 3.97. The summed E-state index contributed by atoms with van der Waals surface area (Å²) in [5.41, 5.74) is 4.64. The molecule has 0 aliphatic heterocycles. The van der Waals surface area contributed by atoms with Crippen LogP contribution < -0.4 is 5.32 Å². The smallest absolute Gasteiger partial charge is 0.133 e. The molecule has 19 heavy (non-hydrogen) atoms. The molecule has 100 valence electrons. The van der Waals surface area contributed by atoms with Gasteiger partial charge in [0.1, 0.15) is 11.6 Å². The Balaban J connectivity index is 2.52. The molecule has 0 unspecified atom stereocenters. The Morgan fingerprint density at radius 3 is 2.16 bits per heavy atom. The van der Waals surface area contributed by atoms with Crippen LogP contribution in [0.2, 0.25) is 0 Å². The molecule has 0 bridgehead atoms. The zero-order valence-electron chi connectivity index (χ0n) is 11.3. The monoisotopic (exact) mass is 261 g/mol. The minimum atomic E-state index is -0.554. The average Bonchev–Trinajstić information content (AvgIpc) is 2.33. The van der Waals surface area contributed by atoms with Crippen molar-refractivity contribution in [2.24, 2.45) is 0 Å². The third-order valence-electron chi connectivity index (χ3n) is 3.29. The highest BCUT2D eigenvalue weighted by Crippen LogP contribution is 2.27. The maximum absolute atomic E-state index is 13.8. The van der Waals surface area contributed by atoms with Gasteiger partial charge in [0.2, 0.25) is 0 Å². The summed E-state index contributed by atoms with van der Waals surface area (Å²) in [7, 11) is 1.90. The van der Waals surface area contributed by atoms with E-state index in [0.29, 0.717) is 5.56 Å². The molecule has 0 amide bonds. The van der Waals surface area contributed by atoms with Gasteiger partial charge in [-0.1, -0.05) is 12.1 Å². The lowest BCUT2D eigenvalue weighted by molar-refractivity contribution is 0.585. The highest BCUT2D eigenvalue weighted by Gasteiger charge is 2.10. The fraction of sp³-hybridized carbons (Fsp3) is 0.250. The minimum Gasteiger partial charge on any atom is -0.316 e. The van der Waals surface area contributed by atoms with Crippen LogP contribution in [0.5, 0.6) is 0 Å². The Morgan fingerprint density at radius 2 is 1.63 bits per heavy atom. The van der Waals surface area contributed by atoms with Crippen molar-refractivity contribution in [1.82, 2.24) is 5.32 Å². The number of rotatable bonds is 3. The second kappa shape index (κ2) is 5.49. The third kappa shape index (κ3) is 2.82. The summed E-state index contributed by atoms with van der Waals surface area (Å²) in [5, 5.41) is 3.12. The van der Waals surface area contributed by atoms with Crippen molar-refractivity contribution in [3.8, 4) is 11.1 Å². The van der Waals surface area contributed by atoms with Crippen molar-refractivity contribution in [2.45, 2.75) is 20.4 Å². The first-order valence-corrected chi connectivity index (χ1v) is 6.23. The molecule has 2 rings (SSSR count). The zero-order valence-corrected chi connectivity index (χ0v) is 11.3. The van der Waals surface area contributed by atoms with Gasteiger partial charge in [-0.05, 0) is 55.3 Å². The summed E-state index contributed by atoms with van der Waals surface area (Å²) >= 11 is 0. The van der Waals surface area contributed by atoms with Crippen LogP contribution in [0.15, 0.2) is 30.3 Å². The van der Waals surface area contributed by atoms with Crippen LogP contribution in [0.3, 0.4) is 0 Å². The van der Waals surface area contributed by atoms with Gasteiger partial charge >= 0.3 is 0 Å². The van der Waals surface area contributed by atoms with Gasteiger partial charge in [-0.25, -0.2) is 8.78 Å². The third-order valence-corrected chi connectivity index (χ3v) is 3.29. The summed E-state index contributed by atoms with van der Waals surface area (Å²) in [6, 6.07) is 7.56. The standard InChI is InChI=1S/C16H17F2N/c1-10-6-12(7-11(2)15(10)9-19-3)14-5-4-13(17)8-16(14)18/h4-8,19H,9H2,1-3H3. The van der Waals surface area contributed by atoms with E-state index < -0.39 is 11.6 Å². The number of hydrogen-bond acceptors (Lipinski definition) is 1. The van der Waals surface area contributed by atoms with Crippen molar-refractivity contribution in [3.63, 3.8) is 0 Å². The van der Waals surface area contributed by atoms with Crippen LogP contribution in [0, 0.1) is 25.5 Å². The van der Waals surface area contributed by atoms with Crippen molar-refractivity contribution < 1.29 is 8.78 Å². The minimum absolute atomic E-state index is 0.434. The van der Waals surface area contributed by atoms with Gasteiger partial charge in [0, 0.05) is 18.2 Å². The molecular formula is C16H17F2N. The Kier molecular flexibility index (Phi) is 3.96. The van der Waals surface area contributed by atoms with Crippen LogP contribution in [0.1, 0.15) is 16.7 Å². The van der Waals surface area contributed by atoms with Crippen LogP contribution in [0.4, 0.5) is 8.78 Å². The van der Waals surface area contributed by atoms with Crippen molar-refractivity contribution in [2.75, 3.05) is 7.05 Å². The lowest BCUT2D eigenvalue weighted by atomic mass is 9.95. The highest BCUT2D eigenvalue weighted by molar-refractivity contribution is 5.67. The van der Waals surface area contributed by atoms with E-state index in [1.807, 2.05) is 33.0 Å². The average molecular weight is 261 g/mol. The molecule has 0 fully saturated rings. The van der Waals surface area contributed by atoms with E-state index in [1.165, 1.54) is 17.7 Å². The van der Waals surface area contributed by atoms with Gasteiger partial charge in [0.25, 0.3) is 0 Å². The van der Waals surface area contributed by atoms with E-state index in [-0.39, 0.29) is 0 Å². The number of nitrogens with one attached hydrogen (secondary N) is 1. The molecule has 0 saturated heterocycles. The summed E-state index contributed by atoms with van der Waals surface area (Å²) in [6.45, 7) is 4.79. The van der Waals surface area contributed by atoms with Crippen LogP contribution in [-0.4, -0.2) is 7.05 Å². The molecule has 2 aromatic rings. The Bertz CT molecular complexity index is 583. The van der Waals surface area contributed by atoms with Gasteiger partial charge in [-0.15, -0.1) is 0 Å². The van der Waals surface area contributed by atoms with Gasteiger partial charge < -0.3 is 5.32 Å². The fourth-order valence-corrected chi connectivity index (χ4v) is 2.33. The Morgan fingerprint density at radius 1 is 1.00 bits per heavy atom. The molecule has 0 atom stereocenters. The first kappa shape index (κ1) is 13.7. The largest absolute Gasteiger partial charge is 0.316 e. The molecule has 0 aromatic heterocycles. The molecule has 0 saturated carbocycles. The van der Waals surface area contributed by atoms with Crippen molar-refractivity contribution in [3.05, 3.63) is 58.7 Å². The number of aryl methyl sites for hydroxylation is 2. The topological polar surface area (TPSA) is 12.0 Å². The second-order valence-electron chi connectivity index (χ2n) is 4.74. The van der Waals surface area contributed by atoms with E-state index in [4.69, 9.17) is 0 Å². The van der Waals surface area contributed by atoms with E-state index >= 15 is 0 Å². The molecule has 0 spiro atoms. The SMILES string of the molecule is CNCc1c(C)cc(-c2ccc(F)cc2F)cc1C. The summed E-state index contributed by atoms with van der Waals surface area (Å²) in [4.78, 5) is 0. The van der Waals surface area contributed by atoms with Crippen LogP contribution >= 0.6 is 0 Å². The first-order chi connectivity index (χ1) is 9.02. The normalized spacial score (nSPS) is 10.8. The van der Waals surface area contributed by atoms with E-state index in [1.54, 1.807) is 0 Å². The molecule has 3 heteroatoms. The molecule has 0 radical (unpaired) electrons. The molecule has 1 nitrogen and oxygen atoms in total. The van der Waals surface area contributed by atoms with Gasteiger partial charge in [0.15, 0.2) is 0 Å². The van der Waals surface area contributed by atoms with Gasteiger partial charge in [-0.3, -0.25) is 0 Å². The maximum Gasteiger partial charge on any atom is 0.133 e. The van der Waals surface area contributed by atoms with Gasteiger partial charge in [0.05, 0.1) is 0 Å².